The number of carboxylic acid groups (broad SMARTS) is 1. The Labute approximate surface area is 87.8 Å². The van der Waals surface area contributed by atoms with Crippen molar-refractivity contribution in [3.63, 3.8) is 0 Å². The van der Waals surface area contributed by atoms with Gasteiger partial charge in [-0.25, -0.2) is 14.8 Å². The molecule has 1 aliphatic heterocycles. The summed E-state index contributed by atoms with van der Waals surface area (Å²) in [5.41, 5.74) is 0.130. The first kappa shape index (κ1) is 9.89. The fraction of sp³-hybridized carbons (Fsp3) is 0.500. The van der Waals surface area contributed by atoms with Crippen molar-refractivity contribution in [2.75, 3.05) is 11.4 Å². The number of hydrogen-bond donors (Lipinski definition) is 1. The Kier molecular flexibility index (Phi) is 2.53. The Morgan fingerprint density at radius 2 is 2.20 bits per heavy atom. The highest BCUT2D eigenvalue weighted by molar-refractivity contribution is 5.86. The van der Waals surface area contributed by atoms with Crippen LogP contribution in [0.15, 0.2) is 12.4 Å². The van der Waals surface area contributed by atoms with Crippen molar-refractivity contribution in [2.45, 2.75) is 25.8 Å². The predicted molar refractivity (Wildman–Crippen MR) is 55.0 cm³/mol. The number of aromatic nitrogens is 2. The largest absolute Gasteiger partial charge is 0.478 e. The van der Waals surface area contributed by atoms with Crippen LogP contribution in [0, 0.1) is 0 Å². The highest BCUT2D eigenvalue weighted by Crippen LogP contribution is 2.21. The van der Waals surface area contributed by atoms with E-state index >= 15 is 0 Å². The zero-order valence-electron chi connectivity index (χ0n) is 8.55. The number of hydrogen-bond acceptors (Lipinski definition) is 4. The van der Waals surface area contributed by atoms with E-state index < -0.39 is 5.97 Å². The summed E-state index contributed by atoms with van der Waals surface area (Å²) < 4.78 is 0. The molecule has 1 aromatic rings. The fourth-order valence-electron chi connectivity index (χ4n) is 1.81. The van der Waals surface area contributed by atoms with Crippen LogP contribution in [0.2, 0.25) is 0 Å². The van der Waals surface area contributed by atoms with E-state index in [-0.39, 0.29) is 5.56 Å². The van der Waals surface area contributed by atoms with Crippen LogP contribution in [0.3, 0.4) is 0 Å². The van der Waals surface area contributed by atoms with E-state index in [4.69, 9.17) is 5.11 Å². The lowest BCUT2D eigenvalue weighted by Crippen LogP contribution is -2.28. The first-order valence-electron chi connectivity index (χ1n) is 5.00. The van der Waals surface area contributed by atoms with Crippen LogP contribution in [-0.4, -0.2) is 33.6 Å². The summed E-state index contributed by atoms with van der Waals surface area (Å²) in [6, 6.07) is 0.445. The molecular formula is C10H13N3O2. The maximum Gasteiger partial charge on any atom is 0.338 e. The molecule has 0 saturated carbocycles. The minimum atomic E-state index is -0.990. The Morgan fingerprint density at radius 1 is 1.53 bits per heavy atom. The molecule has 15 heavy (non-hydrogen) atoms. The molecule has 0 aliphatic carbocycles. The molecule has 1 aliphatic rings. The van der Waals surface area contributed by atoms with Crippen molar-refractivity contribution in [3.8, 4) is 0 Å². The van der Waals surface area contributed by atoms with Crippen molar-refractivity contribution < 1.29 is 9.90 Å². The minimum absolute atomic E-state index is 0.130. The van der Waals surface area contributed by atoms with Crippen LogP contribution in [0.5, 0.6) is 0 Å². The second-order valence-corrected chi connectivity index (χ2v) is 3.76. The smallest absolute Gasteiger partial charge is 0.338 e. The molecule has 80 valence electrons. The summed E-state index contributed by atoms with van der Waals surface area (Å²) in [6.45, 7) is 3.08. The summed E-state index contributed by atoms with van der Waals surface area (Å²) in [4.78, 5) is 20.8. The van der Waals surface area contributed by atoms with Crippen molar-refractivity contribution in [2.24, 2.45) is 0 Å². The number of anilines is 1. The third kappa shape index (κ3) is 1.91. The molecule has 1 fully saturated rings. The van der Waals surface area contributed by atoms with Crippen molar-refractivity contribution in [1.29, 1.82) is 0 Å². The molecule has 0 spiro atoms. The van der Waals surface area contributed by atoms with E-state index in [1.807, 2.05) is 0 Å². The Bertz CT molecular complexity index is 363. The van der Waals surface area contributed by atoms with Gasteiger partial charge < -0.3 is 10.0 Å². The van der Waals surface area contributed by atoms with Gasteiger partial charge in [0.25, 0.3) is 0 Å². The van der Waals surface area contributed by atoms with E-state index in [2.05, 4.69) is 21.8 Å². The lowest BCUT2D eigenvalue weighted by Gasteiger charge is -2.20. The van der Waals surface area contributed by atoms with E-state index in [0.29, 0.717) is 12.0 Å². The van der Waals surface area contributed by atoms with Gasteiger partial charge in [-0.2, -0.15) is 0 Å². The third-order valence-electron chi connectivity index (χ3n) is 2.70. The molecule has 1 saturated heterocycles. The van der Waals surface area contributed by atoms with Gasteiger partial charge in [0.15, 0.2) is 0 Å². The normalized spacial score (nSPS) is 20.6. The molecular weight excluding hydrogens is 194 g/mol. The minimum Gasteiger partial charge on any atom is -0.478 e. The van der Waals surface area contributed by atoms with Gasteiger partial charge in [0, 0.05) is 25.0 Å². The lowest BCUT2D eigenvalue weighted by molar-refractivity contribution is 0.0696. The SMILES string of the molecule is CC1CCCN1c1ncc(C(=O)O)cn1. The first-order valence-corrected chi connectivity index (χ1v) is 5.00. The summed E-state index contributed by atoms with van der Waals surface area (Å²) in [5, 5.41) is 8.70. The van der Waals surface area contributed by atoms with Gasteiger partial charge in [-0.15, -0.1) is 0 Å². The highest BCUT2D eigenvalue weighted by Gasteiger charge is 2.22. The van der Waals surface area contributed by atoms with E-state index in [9.17, 15) is 4.79 Å². The summed E-state index contributed by atoms with van der Waals surface area (Å²) >= 11 is 0. The van der Waals surface area contributed by atoms with Gasteiger partial charge in [-0.3, -0.25) is 0 Å². The average molecular weight is 207 g/mol. The Morgan fingerprint density at radius 3 is 2.67 bits per heavy atom. The van der Waals surface area contributed by atoms with Gasteiger partial charge in [-0.1, -0.05) is 0 Å². The maximum atomic E-state index is 10.6. The molecule has 0 bridgehead atoms. The zero-order valence-corrected chi connectivity index (χ0v) is 8.55. The van der Waals surface area contributed by atoms with E-state index in [0.717, 1.165) is 19.4 Å². The number of nitrogens with zero attached hydrogens (tertiary/aromatic N) is 3. The number of carboxylic acids is 1. The van der Waals surface area contributed by atoms with Gasteiger partial charge in [0.05, 0.1) is 5.56 Å². The van der Waals surface area contributed by atoms with Crippen molar-refractivity contribution in [3.05, 3.63) is 18.0 Å². The Hall–Kier alpha value is -1.65. The quantitative estimate of drug-likeness (QED) is 0.788. The third-order valence-corrected chi connectivity index (χ3v) is 2.70. The topological polar surface area (TPSA) is 66.3 Å². The number of rotatable bonds is 2. The molecule has 2 heterocycles. The van der Waals surface area contributed by atoms with Crippen LogP contribution >= 0.6 is 0 Å². The van der Waals surface area contributed by atoms with E-state index in [1.165, 1.54) is 12.4 Å². The van der Waals surface area contributed by atoms with Crippen molar-refractivity contribution in [1.82, 2.24) is 9.97 Å². The molecule has 0 amide bonds. The highest BCUT2D eigenvalue weighted by atomic mass is 16.4. The summed E-state index contributed by atoms with van der Waals surface area (Å²) in [7, 11) is 0. The molecule has 1 aromatic heterocycles. The Balaban J connectivity index is 2.19. The van der Waals surface area contributed by atoms with Gasteiger partial charge in [-0.05, 0) is 19.8 Å². The first-order chi connectivity index (χ1) is 7.18. The monoisotopic (exact) mass is 207 g/mol. The standard InChI is InChI=1S/C10H13N3O2/c1-7-3-2-4-13(7)10-11-5-8(6-12-10)9(14)15/h5-7H,2-4H2,1H3,(H,14,15). The molecule has 1 atom stereocenters. The van der Waals surface area contributed by atoms with Gasteiger partial charge in [0.2, 0.25) is 5.95 Å². The van der Waals surface area contributed by atoms with Crippen LogP contribution in [0.4, 0.5) is 5.95 Å². The maximum absolute atomic E-state index is 10.6. The van der Waals surface area contributed by atoms with Crippen LogP contribution in [0.25, 0.3) is 0 Å². The molecule has 5 nitrogen and oxygen atoms in total. The number of carbonyl (C=O) groups is 1. The zero-order chi connectivity index (χ0) is 10.8. The van der Waals surface area contributed by atoms with Crippen LogP contribution < -0.4 is 4.90 Å². The molecule has 0 radical (unpaired) electrons. The van der Waals surface area contributed by atoms with Crippen LogP contribution in [0.1, 0.15) is 30.1 Å². The average Bonchev–Trinajstić information content (AvgIpc) is 2.65. The summed E-state index contributed by atoms with van der Waals surface area (Å²) in [6.07, 6.45) is 5.00. The molecule has 2 rings (SSSR count). The van der Waals surface area contributed by atoms with Gasteiger partial charge >= 0.3 is 5.97 Å². The van der Waals surface area contributed by atoms with Crippen molar-refractivity contribution >= 4 is 11.9 Å². The molecule has 1 N–H and O–H groups in total. The molecule has 0 aromatic carbocycles. The van der Waals surface area contributed by atoms with E-state index in [1.54, 1.807) is 0 Å². The lowest BCUT2D eigenvalue weighted by atomic mass is 10.2. The summed E-state index contributed by atoms with van der Waals surface area (Å²) in [5.74, 6) is -0.360. The second-order valence-electron chi connectivity index (χ2n) is 3.76. The number of aromatic carboxylic acids is 1. The predicted octanol–water partition coefficient (Wildman–Crippen LogP) is 1.16. The second kappa shape index (κ2) is 3.84. The molecule has 1 unspecified atom stereocenters. The molecule has 5 heteroatoms. The fourth-order valence-corrected chi connectivity index (χ4v) is 1.81. The van der Waals surface area contributed by atoms with Crippen LogP contribution in [-0.2, 0) is 0 Å². The van der Waals surface area contributed by atoms with Gasteiger partial charge in [0.1, 0.15) is 0 Å².